The fraction of sp³-hybridized carbons (Fsp3) is 0. The van der Waals surface area contributed by atoms with Gasteiger partial charge in [0.2, 0.25) is 0 Å². The van der Waals surface area contributed by atoms with Crippen molar-refractivity contribution < 1.29 is 0 Å². The van der Waals surface area contributed by atoms with Crippen LogP contribution < -0.4 is 0 Å². The van der Waals surface area contributed by atoms with E-state index in [0.29, 0.717) is 0 Å². The standard InChI is InChI=1S/C33H22N4/c1-4-12-22(13-5-1)32-35-33-31(37(32)24-16-8-3-9-17-24)29-28(36(33)23-14-6-2-7-15-23)21-20-26-25-18-10-11-19-27(25)34-30(26)29/h1-21,34H. The highest BCUT2D eigenvalue weighted by Gasteiger charge is 2.25. The second-order valence-electron chi connectivity index (χ2n) is 9.37. The molecule has 0 amide bonds. The van der Waals surface area contributed by atoms with Crippen molar-refractivity contribution in [3.63, 3.8) is 0 Å². The second kappa shape index (κ2) is 7.70. The fourth-order valence-corrected chi connectivity index (χ4v) is 5.68. The molecule has 3 aromatic heterocycles. The summed E-state index contributed by atoms with van der Waals surface area (Å²) in [6.07, 6.45) is 0. The van der Waals surface area contributed by atoms with Gasteiger partial charge in [0.05, 0.1) is 16.4 Å². The van der Waals surface area contributed by atoms with Gasteiger partial charge >= 0.3 is 0 Å². The smallest absolute Gasteiger partial charge is 0.165 e. The molecule has 1 N–H and O–H groups in total. The molecule has 0 bridgehead atoms. The van der Waals surface area contributed by atoms with E-state index in [1.807, 2.05) is 6.07 Å². The highest BCUT2D eigenvalue weighted by molar-refractivity contribution is 6.24. The summed E-state index contributed by atoms with van der Waals surface area (Å²) in [5.74, 6) is 0.927. The molecule has 0 spiro atoms. The van der Waals surface area contributed by atoms with Crippen LogP contribution in [0.5, 0.6) is 0 Å². The number of aromatic amines is 1. The topological polar surface area (TPSA) is 38.5 Å². The van der Waals surface area contributed by atoms with E-state index in [2.05, 4.69) is 135 Å². The van der Waals surface area contributed by atoms with Crippen LogP contribution in [0.1, 0.15) is 0 Å². The molecule has 8 rings (SSSR count). The van der Waals surface area contributed by atoms with Crippen molar-refractivity contribution in [2.75, 3.05) is 0 Å². The van der Waals surface area contributed by atoms with E-state index in [0.717, 1.165) is 50.5 Å². The number of para-hydroxylation sites is 3. The average molecular weight is 475 g/mol. The summed E-state index contributed by atoms with van der Waals surface area (Å²) in [7, 11) is 0. The quantitative estimate of drug-likeness (QED) is 0.275. The Hall–Kier alpha value is -5.09. The number of benzene rings is 5. The van der Waals surface area contributed by atoms with Crippen molar-refractivity contribution in [3.8, 4) is 22.8 Å². The number of fused-ring (bicyclic) bond motifs is 7. The first-order chi connectivity index (χ1) is 18.4. The van der Waals surface area contributed by atoms with Crippen LogP contribution in [0.15, 0.2) is 127 Å². The number of nitrogens with one attached hydrogen (secondary N) is 1. The van der Waals surface area contributed by atoms with Gasteiger partial charge in [-0.25, -0.2) is 4.98 Å². The van der Waals surface area contributed by atoms with Crippen LogP contribution in [0.25, 0.3) is 66.6 Å². The van der Waals surface area contributed by atoms with E-state index < -0.39 is 0 Å². The molecule has 174 valence electrons. The van der Waals surface area contributed by atoms with Crippen molar-refractivity contribution in [2.45, 2.75) is 0 Å². The summed E-state index contributed by atoms with van der Waals surface area (Å²) in [5.41, 5.74) is 8.71. The van der Waals surface area contributed by atoms with Gasteiger partial charge in [0.15, 0.2) is 5.65 Å². The lowest BCUT2D eigenvalue weighted by Crippen LogP contribution is -1.98. The van der Waals surface area contributed by atoms with Crippen LogP contribution in [0.3, 0.4) is 0 Å². The Morgan fingerprint density at radius 2 is 1.16 bits per heavy atom. The molecule has 0 unspecified atom stereocenters. The molecule has 4 heteroatoms. The monoisotopic (exact) mass is 474 g/mol. The van der Waals surface area contributed by atoms with Crippen LogP contribution in [0, 0.1) is 0 Å². The Morgan fingerprint density at radius 3 is 1.89 bits per heavy atom. The van der Waals surface area contributed by atoms with E-state index in [1.54, 1.807) is 0 Å². The molecule has 4 nitrogen and oxygen atoms in total. The van der Waals surface area contributed by atoms with Crippen molar-refractivity contribution >= 4 is 43.9 Å². The highest BCUT2D eigenvalue weighted by Crippen LogP contribution is 2.41. The molecular formula is C33H22N4. The molecule has 8 aromatic rings. The maximum atomic E-state index is 5.35. The number of rotatable bonds is 3. The van der Waals surface area contributed by atoms with Crippen LogP contribution in [0.2, 0.25) is 0 Å². The third-order valence-electron chi connectivity index (χ3n) is 7.27. The molecule has 0 radical (unpaired) electrons. The average Bonchev–Trinajstić information content (AvgIpc) is 3.63. The first-order valence-corrected chi connectivity index (χ1v) is 12.5. The third kappa shape index (κ3) is 2.87. The predicted octanol–water partition coefficient (Wildman–Crippen LogP) is 8.27. The summed E-state index contributed by atoms with van der Waals surface area (Å²) in [4.78, 5) is 9.10. The summed E-state index contributed by atoms with van der Waals surface area (Å²) in [6, 6.07) is 44.5. The van der Waals surface area contributed by atoms with Crippen LogP contribution >= 0.6 is 0 Å². The van der Waals surface area contributed by atoms with Crippen molar-refractivity contribution in [2.24, 2.45) is 0 Å². The zero-order valence-corrected chi connectivity index (χ0v) is 20.0. The van der Waals surface area contributed by atoms with Crippen LogP contribution in [-0.4, -0.2) is 19.1 Å². The Morgan fingerprint density at radius 1 is 0.541 bits per heavy atom. The number of nitrogens with zero attached hydrogens (tertiary/aromatic N) is 3. The van der Waals surface area contributed by atoms with Crippen LogP contribution in [0.4, 0.5) is 0 Å². The van der Waals surface area contributed by atoms with Gasteiger partial charge in [-0.3, -0.25) is 9.13 Å². The number of H-pyrrole nitrogens is 1. The molecular weight excluding hydrogens is 452 g/mol. The van der Waals surface area contributed by atoms with Gasteiger partial charge in [0, 0.05) is 33.2 Å². The highest BCUT2D eigenvalue weighted by atomic mass is 15.2. The maximum absolute atomic E-state index is 5.35. The van der Waals surface area contributed by atoms with Crippen LogP contribution in [-0.2, 0) is 0 Å². The molecule has 3 heterocycles. The lowest BCUT2D eigenvalue weighted by atomic mass is 10.1. The molecule has 0 aliphatic carbocycles. The maximum Gasteiger partial charge on any atom is 0.165 e. The first-order valence-electron chi connectivity index (χ1n) is 12.5. The molecule has 37 heavy (non-hydrogen) atoms. The minimum absolute atomic E-state index is 0.927. The van der Waals surface area contributed by atoms with Crippen molar-refractivity contribution in [1.29, 1.82) is 0 Å². The largest absolute Gasteiger partial charge is 0.354 e. The van der Waals surface area contributed by atoms with E-state index in [4.69, 9.17) is 4.98 Å². The zero-order chi connectivity index (χ0) is 24.3. The van der Waals surface area contributed by atoms with Gasteiger partial charge in [-0.05, 0) is 36.4 Å². The molecule has 0 aliphatic heterocycles. The number of imidazole rings is 1. The molecule has 0 fully saturated rings. The van der Waals surface area contributed by atoms with Gasteiger partial charge < -0.3 is 4.98 Å². The fourth-order valence-electron chi connectivity index (χ4n) is 5.68. The Kier molecular flexibility index (Phi) is 4.19. The van der Waals surface area contributed by atoms with Crippen molar-refractivity contribution in [1.82, 2.24) is 19.1 Å². The Bertz CT molecular complexity index is 2060. The van der Waals surface area contributed by atoms with Gasteiger partial charge in [0.25, 0.3) is 0 Å². The lowest BCUT2D eigenvalue weighted by molar-refractivity contribution is 1.10. The van der Waals surface area contributed by atoms with Gasteiger partial charge in [0.1, 0.15) is 11.3 Å². The summed E-state index contributed by atoms with van der Waals surface area (Å²) in [5, 5.41) is 3.62. The van der Waals surface area contributed by atoms with E-state index in [1.165, 1.54) is 16.2 Å². The number of hydrogen-bond acceptors (Lipinski definition) is 1. The summed E-state index contributed by atoms with van der Waals surface area (Å²) >= 11 is 0. The number of hydrogen-bond donors (Lipinski definition) is 1. The van der Waals surface area contributed by atoms with E-state index in [9.17, 15) is 0 Å². The number of aromatic nitrogens is 4. The minimum atomic E-state index is 0.927. The Balaban J connectivity index is 1.64. The predicted molar refractivity (Wildman–Crippen MR) is 153 cm³/mol. The molecule has 0 saturated heterocycles. The van der Waals surface area contributed by atoms with Gasteiger partial charge in [-0.15, -0.1) is 0 Å². The molecule has 0 saturated carbocycles. The third-order valence-corrected chi connectivity index (χ3v) is 7.27. The molecule has 5 aromatic carbocycles. The lowest BCUT2D eigenvalue weighted by Gasteiger charge is -2.10. The first kappa shape index (κ1) is 20.1. The molecule has 0 atom stereocenters. The zero-order valence-electron chi connectivity index (χ0n) is 20.0. The van der Waals surface area contributed by atoms with Gasteiger partial charge in [-0.2, -0.15) is 0 Å². The van der Waals surface area contributed by atoms with E-state index in [-0.39, 0.29) is 0 Å². The Labute approximate surface area is 213 Å². The SMILES string of the molecule is c1ccc(-c2nc3c(c4c5[nH]c6ccccc6c5ccc4n3-c3ccccc3)n2-c2ccccc2)cc1. The van der Waals surface area contributed by atoms with E-state index >= 15 is 0 Å². The minimum Gasteiger partial charge on any atom is -0.354 e. The second-order valence-corrected chi connectivity index (χ2v) is 9.37. The summed E-state index contributed by atoms with van der Waals surface area (Å²) in [6.45, 7) is 0. The van der Waals surface area contributed by atoms with Gasteiger partial charge in [-0.1, -0.05) is 91.0 Å². The molecule has 0 aliphatic rings. The summed E-state index contributed by atoms with van der Waals surface area (Å²) < 4.78 is 4.61. The normalized spacial score (nSPS) is 11.8. The van der Waals surface area contributed by atoms with Crippen molar-refractivity contribution in [3.05, 3.63) is 127 Å².